The normalized spacial score (nSPS) is 26.3. The van der Waals surface area contributed by atoms with E-state index in [0.29, 0.717) is 0 Å². The predicted molar refractivity (Wildman–Crippen MR) is 40.2 cm³/mol. The quantitative estimate of drug-likeness (QED) is 0.398. The molecule has 1 fully saturated rings. The Morgan fingerprint density at radius 1 is 1.45 bits per heavy atom. The van der Waals surface area contributed by atoms with E-state index in [-0.39, 0.29) is 18.4 Å². The molecule has 5 heteroatoms. The van der Waals surface area contributed by atoms with Crippen LogP contribution in [0.5, 0.6) is 0 Å². The fraction of sp³-hybridized carbons (Fsp3) is 0.667. The van der Waals surface area contributed by atoms with Crippen LogP contribution in [0, 0.1) is 0 Å². The first kappa shape index (κ1) is 8.33. The Hall–Kier alpha value is -0.770. The number of hydrogen-bond acceptors (Lipinski definition) is 2. The van der Waals surface area contributed by atoms with Gasteiger partial charge in [-0.3, -0.25) is 9.69 Å². The molecule has 1 atom stereocenters. The first-order valence-corrected chi connectivity index (χ1v) is 3.65. The molecule has 0 aromatic carbocycles. The molecule has 1 unspecified atom stereocenters. The number of carbonyl (C=O) groups is 2. The van der Waals surface area contributed by atoms with Gasteiger partial charge in [0.1, 0.15) is 5.50 Å². The second kappa shape index (κ2) is 2.70. The van der Waals surface area contributed by atoms with Gasteiger partial charge >= 0.3 is 6.03 Å². The van der Waals surface area contributed by atoms with E-state index in [2.05, 4.69) is 0 Å². The molecule has 0 bridgehead atoms. The van der Waals surface area contributed by atoms with Crippen molar-refractivity contribution in [2.24, 2.45) is 0 Å². The van der Waals surface area contributed by atoms with Crippen molar-refractivity contribution in [3.63, 3.8) is 0 Å². The largest absolute Gasteiger partial charge is 0.327 e. The Bertz CT molecular complexity index is 207. The minimum atomic E-state index is -0.494. The molecule has 1 saturated heterocycles. The SMILES string of the molecule is CN1C(=O)CC(Cl)N(C)C1=O. The van der Waals surface area contributed by atoms with Crippen LogP contribution in [-0.4, -0.2) is 41.3 Å². The van der Waals surface area contributed by atoms with Gasteiger partial charge in [-0.1, -0.05) is 11.6 Å². The lowest BCUT2D eigenvalue weighted by Crippen LogP contribution is -2.51. The number of nitrogens with zero attached hydrogens (tertiary/aromatic N) is 2. The lowest BCUT2D eigenvalue weighted by atomic mass is 10.3. The zero-order valence-corrected chi connectivity index (χ0v) is 7.13. The Kier molecular flexibility index (Phi) is 2.04. The zero-order valence-electron chi connectivity index (χ0n) is 6.37. The van der Waals surface area contributed by atoms with Crippen LogP contribution >= 0.6 is 11.6 Å². The fourth-order valence-electron chi connectivity index (χ4n) is 0.881. The van der Waals surface area contributed by atoms with E-state index < -0.39 is 5.50 Å². The first-order chi connectivity index (χ1) is 5.04. The van der Waals surface area contributed by atoms with Gasteiger partial charge in [-0.05, 0) is 0 Å². The van der Waals surface area contributed by atoms with Gasteiger partial charge in [0.05, 0.1) is 6.42 Å². The van der Waals surface area contributed by atoms with Crippen LogP contribution in [0.3, 0.4) is 0 Å². The van der Waals surface area contributed by atoms with Crippen molar-refractivity contribution < 1.29 is 9.59 Å². The van der Waals surface area contributed by atoms with E-state index >= 15 is 0 Å². The second-order valence-corrected chi connectivity index (χ2v) is 2.99. The van der Waals surface area contributed by atoms with Crippen molar-refractivity contribution in [3.05, 3.63) is 0 Å². The summed E-state index contributed by atoms with van der Waals surface area (Å²) in [5.74, 6) is -0.229. The number of halogens is 1. The van der Waals surface area contributed by atoms with Crippen LogP contribution in [0.15, 0.2) is 0 Å². The van der Waals surface area contributed by atoms with E-state index in [0.717, 1.165) is 4.90 Å². The maximum atomic E-state index is 11.1. The Morgan fingerprint density at radius 2 is 2.00 bits per heavy atom. The van der Waals surface area contributed by atoms with Crippen molar-refractivity contribution in [3.8, 4) is 0 Å². The summed E-state index contributed by atoms with van der Waals surface area (Å²) in [5, 5.41) is 0. The van der Waals surface area contributed by atoms with Crippen LogP contribution in [0.1, 0.15) is 6.42 Å². The van der Waals surface area contributed by atoms with Gasteiger partial charge in [0.2, 0.25) is 5.91 Å². The summed E-state index contributed by atoms with van der Waals surface area (Å²) < 4.78 is 0. The molecule has 62 valence electrons. The van der Waals surface area contributed by atoms with E-state index in [1.165, 1.54) is 11.9 Å². The Morgan fingerprint density at radius 3 is 2.55 bits per heavy atom. The van der Waals surface area contributed by atoms with Crippen LogP contribution in [0.2, 0.25) is 0 Å². The van der Waals surface area contributed by atoms with Gasteiger partial charge in [-0.25, -0.2) is 4.79 Å². The third-order valence-electron chi connectivity index (χ3n) is 1.73. The molecule has 0 aliphatic carbocycles. The number of carbonyl (C=O) groups excluding carboxylic acids is 2. The molecule has 11 heavy (non-hydrogen) atoms. The van der Waals surface area contributed by atoms with Crippen LogP contribution in [0.4, 0.5) is 4.79 Å². The highest BCUT2D eigenvalue weighted by molar-refractivity contribution is 6.23. The maximum Gasteiger partial charge on any atom is 0.327 e. The molecule has 1 heterocycles. The summed E-state index contributed by atoms with van der Waals surface area (Å²) >= 11 is 5.68. The summed E-state index contributed by atoms with van der Waals surface area (Å²) in [5.41, 5.74) is -0.494. The smallest absolute Gasteiger partial charge is 0.310 e. The molecule has 0 N–H and O–H groups in total. The van der Waals surface area contributed by atoms with Crippen molar-refractivity contribution in [1.82, 2.24) is 9.80 Å². The minimum Gasteiger partial charge on any atom is -0.310 e. The number of urea groups is 1. The highest BCUT2D eigenvalue weighted by atomic mass is 35.5. The van der Waals surface area contributed by atoms with Crippen LogP contribution in [-0.2, 0) is 4.79 Å². The van der Waals surface area contributed by atoms with E-state index in [9.17, 15) is 9.59 Å². The van der Waals surface area contributed by atoms with Gasteiger partial charge in [-0.15, -0.1) is 0 Å². The lowest BCUT2D eigenvalue weighted by Gasteiger charge is -2.32. The van der Waals surface area contributed by atoms with Gasteiger partial charge in [0.15, 0.2) is 0 Å². The zero-order chi connectivity index (χ0) is 8.59. The average molecular weight is 177 g/mol. The van der Waals surface area contributed by atoms with Crippen LogP contribution in [0.25, 0.3) is 0 Å². The molecule has 1 aliphatic heterocycles. The third-order valence-corrected chi connectivity index (χ3v) is 2.17. The highest BCUT2D eigenvalue weighted by Crippen LogP contribution is 2.16. The topological polar surface area (TPSA) is 40.6 Å². The molecule has 0 aromatic heterocycles. The summed E-state index contributed by atoms with van der Waals surface area (Å²) in [6, 6.07) is -0.346. The molecule has 0 radical (unpaired) electrons. The van der Waals surface area contributed by atoms with Crippen molar-refractivity contribution in [1.29, 1.82) is 0 Å². The number of alkyl halides is 1. The third kappa shape index (κ3) is 1.30. The van der Waals surface area contributed by atoms with Crippen LogP contribution < -0.4 is 0 Å². The summed E-state index contributed by atoms with van der Waals surface area (Å²) in [6.07, 6.45) is 0.195. The number of imide groups is 1. The number of amides is 3. The molecule has 0 saturated carbocycles. The number of rotatable bonds is 0. The molecule has 1 aliphatic rings. The standard InChI is InChI=1S/C6H9ClN2O2/c1-8-4(7)3-5(10)9(2)6(8)11/h4H,3H2,1-2H3. The summed E-state index contributed by atoms with van der Waals surface area (Å²) in [7, 11) is 3.02. The van der Waals surface area contributed by atoms with E-state index in [1.54, 1.807) is 7.05 Å². The summed E-state index contributed by atoms with van der Waals surface area (Å²) in [4.78, 5) is 24.5. The predicted octanol–water partition coefficient (Wildman–Crippen LogP) is 0.465. The molecule has 1 rings (SSSR count). The average Bonchev–Trinajstić information content (AvgIpc) is 1.97. The van der Waals surface area contributed by atoms with Gasteiger partial charge in [-0.2, -0.15) is 0 Å². The summed E-state index contributed by atoms with van der Waals surface area (Å²) in [6.45, 7) is 0. The monoisotopic (exact) mass is 176 g/mol. The molecule has 3 amide bonds. The van der Waals surface area contributed by atoms with Gasteiger partial charge in [0.25, 0.3) is 0 Å². The second-order valence-electron chi connectivity index (χ2n) is 2.48. The first-order valence-electron chi connectivity index (χ1n) is 3.21. The molecular weight excluding hydrogens is 168 g/mol. The Labute approximate surface area is 69.7 Å². The molecule has 0 aromatic rings. The lowest BCUT2D eigenvalue weighted by molar-refractivity contribution is -0.130. The van der Waals surface area contributed by atoms with E-state index in [1.807, 2.05) is 0 Å². The van der Waals surface area contributed by atoms with Crippen molar-refractivity contribution in [2.45, 2.75) is 11.9 Å². The van der Waals surface area contributed by atoms with Crippen molar-refractivity contribution in [2.75, 3.05) is 14.1 Å². The van der Waals surface area contributed by atoms with E-state index in [4.69, 9.17) is 11.6 Å². The minimum absolute atomic E-state index is 0.195. The molecule has 0 spiro atoms. The number of hydrogen-bond donors (Lipinski definition) is 0. The Balaban J connectivity index is 2.79. The molecular formula is C6H9ClN2O2. The van der Waals surface area contributed by atoms with Crippen molar-refractivity contribution >= 4 is 23.5 Å². The van der Waals surface area contributed by atoms with Gasteiger partial charge in [0, 0.05) is 14.1 Å². The van der Waals surface area contributed by atoms with Gasteiger partial charge < -0.3 is 4.90 Å². The molecule has 4 nitrogen and oxygen atoms in total. The fourth-order valence-corrected chi connectivity index (χ4v) is 1.10. The maximum absolute atomic E-state index is 11.1. The highest BCUT2D eigenvalue weighted by Gasteiger charge is 2.32.